The smallest absolute Gasteiger partial charge is 0.348 e. The quantitative estimate of drug-likeness (QED) is 0.695. The fraction of sp³-hybridized carbons (Fsp3) is 0.231. The molecule has 0 aliphatic rings. The molecule has 0 atom stereocenters. The molecule has 2 rings (SSSR count). The van der Waals surface area contributed by atoms with Gasteiger partial charge in [0.05, 0.1) is 6.61 Å². The molecule has 0 aliphatic heterocycles. The van der Waals surface area contributed by atoms with Gasteiger partial charge in [0.25, 0.3) is 0 Å². The van der Waals surface area contributed by atoms with E-state index in [0.717, 1.165) is 0 Å². The molecule has 0 radical (unpaired) electrons. The third-order valence-corrected chi connectivity index (χ3v) is 2.65. The van der Waals surface area contributed by atoms with Gasteiger partial charge in [-0.25, -0.2) is 14.5 Å². The van der Waals surface area contributed by atoms with E-state index in [0.29, 0.717) is 17.3 Å². The molecule has 2 aromatic rings. The number of hydrogen-bond donors (Lipinski definition) is 1. The largest absolute Gasteiger partial charge is 0.480 e. The van der Waals surface area contributed by atoms with E-state index < -0.39 is 6.03 Å². The first-order valence-electron chi connectivity index (χ1n) is 6.26. The molecule has 7 nitrogen and oxygen atoms in total. The first-order chi connectivity index (χ1) is 10.2. The third-order valence-electron chi connectivity index (χ3n) is 2.40. The maximum absolute atomic E-state index is 11.9. The van der Waals surface area contributed by atoms with Gasteiger partial charge in [0.15, 0.2) is 0 Å². The van der Waals surface area contributed by atoms with E-state index in [1.54, 1.807) is 24.3 Å². The van der Waals surface area contributed by atoms with Crippen molar-refractivity contribution in [2.45, 2.75) is 13.5 Å². The van der Waals surface area contributed by atoms with Gasteiger partial charge in [-0.3, -0.25) is 0 Å². The van der Waals surface area contributed by atoms with Crippen LogP contribution >= 0.6 is 11.6 Å². The number of carbonyl (C=O) groups excluding carboxylic acids is 1. The predicted molar refractivity (Wildman–Crippen MR) is 79.6 cm³/mol. The minimum atomic E-state index is -0.527. The van der Waals surface area contributed by atoms with Crippen LogP contribution in [-0.4, -0.2) is 33.3 Å². The molecule has 8 heteroatoms. The molecule has 1 aromatic carbocycles. The lowest BCUT2D eigenvalue weighted by Gasteiger charge is -2.07. The van der Waals surface area contributed by atoms with Crippen molar-refractivity contribution < 1.29 is 9.53 Å². The Morgan fingerprint density at radius 2 is 2.19 bits per heavy atom. The number of halogens is 1. The average molecular weight is 308 g/mol. The molecule has 2 amide bonds. The topological polar surface area (TPSA) is 81.4 Å². The molecule has 1 N–H and O–H groups in total. The Morgan fingerprint density at radius 1 is 1.43 bits per heavy atom. The summed E-state index contributed by atoms with van der Waals surface area (Å²) in [4.78, 5) is 19.6. The van der Waals surface area contributed by atoms with Crippen LogP contribution in [0.3, 0.4) is 0 Å². The molecule has 1 heterocycles. The van der Waals surface area contributed by atoms with Crippen molar-refractivity contribution in [2.24, 2.45) is 4.99 Å². The highest BCUT2D eigenvalue weighted by Gasteiger charge is 2.07. The van der Waals surface area contributed by atoms with Gasteiger partial charge in [0, 0.05) is 10.7 Å². The number of carbonyl (C=O) groups is 1. The molecule has 0 spiro atoms. The number of hydrogen-bond acceptors (Lipinski definition) is 4. The Hall–Kier alpha value is -2.41. The summed E-state index contributed by atoms with van der Waals surface area (Å²) >= 11 is 5.78. The maximum atomic E-state index is 11.9. The summed E-state index contributed by atoms with van der Waals surface area (Å²) < 4.78 is 6.84. The predicted octanol–water partition coefficient (Wildman–Crippen LogP) is 2.60. The van der Waals surface area contributed by atoms with Gasteiger partial charge in [-0.15, -0.1) is 0 Å². The second kappa shape index (κ2) is 7.39. The van der Waals surface area contributed by atoms with Crippen molar-refractivity contribution in [2.75, 3.05) is 11.9 Å². The number of ether oxygens (including phenoxy) is 1. The molecule has 0 saturated carbocycles. The Labute approximate surface area is 126 Å². The zero-order valence-electron chi connectivity index (χ0n) is 11.4. The van der Waals surface area contributed by atoms with E-state index in [2.05, 4.69) is 20.4 Å². The van der Waals surface area contributed by atoms with Gasteiger partial charge in [0.1, 0.15) is 19.2 Å². The van der Waals surface area contributed by atoms with Crippen LogP contribution in [0.5, 0.6) is 0 Å². The molecule has 1 aromatic heterocycles. The van der Waals surface area contributed by atoms with Crippen LogP contribution in [0, 0.1) is 0 Å². The number of aliphatic imine (C=N–C) groups is 1. The molecular formula is C13H14ClN5O2. The van der Waals surface area contributed by atoms with Crippen molar-refractivity contribution in [3.63, 3.8) is 0 Å². The van der Waals surface area contributed by atoms with Gasteiger partial charge in [0.2, 0.25) is 5.90 Å². The number of benzene rings is 1. The standard InChI is InChI=1S/C13H14ClN5O2/c1-2-21-12(7-19-9-15-8-16-19)18-13(20)17-11-5-3-10(14)4-6-11/h3-6,8-9H,2,7H2,1H3,(H,17,20). The second-order valence-electron chi connectivity index (χ2n) is 3.97. The summed E-state index contributed by atoms with van der Waals surface area (Å²) in [6.45, 7) is 2.46. The SMILES string of the molecule is CCOC(Cn1cncn1)=NC(=O)Nc1ccc(Cl)cc1. The number of nitrogens with zero attached hydrogens (tertiary/aromatic N) is 4. The molecule has 0 aliphatic carbocycles. The van der Waals surface area contributed by atoms with Crippen molar-refractivity contribution in [3.8, 4) is 0 Å². The molecule has 0 saturated heterocycles. The van der Waals surface area contributed by atoms with Crippen LogP contribution in [0.25, 0.3) is 0 Å². The molecule has 0 unspecified atom stereocenters. The van der Waals surface area contributed by atoms with Crippen molar-refractivity contribution >= 4 is 29.2 Å². The summed E-state index contributed by atoms with van der Waals surface area (Å²) in [5.41, 5.74) is 0.602. The molecule has 0 bridgehead atoms. The Morgan fingerprint density at radius 3 is 2.81 bits per heavy atom. The van der Waals surface area contributed by atoms with Crippen LogP contribution in [0.2, 0.25) is 5.02 Å². The third kappa shape index (κ3) is 4.88. The van der Waals surface area contributed by atoms with Gasteiger partial charge in [-0.1, -0.05) is 11.6 Å². The van der Waals surface area contributed by atoms with Crippen LogP contribution in [0.4, 0.5) is 10.5 Å². The van der Waals surface area contributed by atoms with Crippen molar-refractivity contribution in [1.82, 2.24) is 14.8 Å². The van der Waals surface area contributed by atoms with Crippen molar-refractivity contribution in [1.29, 1.82) is 0 Å². The molecule has 110 valence electrons. The lowest BCUT2D eigenvalue weighted by Crippen LogP contribution is -2.18. The summed E-state index contributed by atoms with van der Waals surface area (Å²) in [6, 6.07) is 6.21. The Bertz CT molecular complexity index is 610. The zero-order chi connectivity index (χ0) is 15.1. The minimum Gasteiger partial charge on any atom is -0.480 e. The normalized spacial score (nSPS) is 11.2. The van der Waals surface area contributed by atoms with Crippen LogP contribution in [0.15, 0.2) is 41.9 Å². The number of aromatic nitrogens is 3. The number of amides is 2. The van der Waals surface area contributed by atoms with Gasteiger partial charge in [-0.05, 0) is 31.2 Å². The highest BCUT2D eigenvalue weighted by molar-refractivity contribution is 6.30. The Balaban J connectivity index is 2.02. The summed E-state index contributed by atoms with van der Waals surface area (Å²) in [7, 11) is 0. The number of nitrogens with one attached hydrogen (secondary N) is 1. The minimum absolute atomic E-state index is 0.238. The summed E-state index contributed by atoms with van der Waals surface area (Å²) in [6.07, 6.45) is 2.92. The molecule has 0 fully saturated rings. The van der Waals surface area contributed by atoms with Crippen LogP contribution in [0.1, 0.15) is 6.92 Å². The summed E-state index contributed by atoms with van der Waals surface area (Å²) in [5.74, 6) is 0.259. The first kappa shape index (κ1) is 15.0. The van der Waals surface area contributed by atoms with Crippen LogP contribution in [-0.2, 0) is 11.3 Å². The zero-order valence-corrected chi connectivity index (χ0v) is 12.1. The van der Waals surface area contributed by atoms with Crippen LogP contribution < -0.4 is 5.32 Å². The maximum Gasteiger partial charge on any atom is 0.348 e. The van der Waals surface area contributed by atoms with E-state index in [1.165, 1.54) is 17.3 Å². The highest BCUT2D eigenvalue weighted by Crippen LogP contribution is 2.13. The lowest BCUT2D eigenvalue weighted by atomic mass is 10.3. The average Bonchev–Trinajstić information content (AvgIpc) is 2.94. The first-order valence-corrected chi connectivity index (χ1v) is 6.64. The molecular weight excluding hydrogens is 294 g/mol. The number of rotatable bonds is 4. The van der Waals surface area contributed by atoms with E-state index in [4.69, 9.17) is 16.3 Å². The van der Waals surface area contributed by atoms with E-state index in [1.807, 2.05) is 6.92 Å². The monoisotopic (exact) mass is 307 g/mol. The summed E-state index contributed by atoms with van der Waals surface area (Å²) in [5, 5.41) is 7.16. The second-order valence-corrected chi connectivity index (χ2v) is 4.41. The van der Waals surface area contributed by atoms with Gasteiger partial charge >= 0.3 is 6.03 Å². The fourth-order valence-corrected chi connectivity index (χ4v) is 1.66. The van der Waals surface area contributed by atoms with Crippen molar-refractivity contribution in [3.05, 3.63) is 41.9 Å². The van der Waals surface area contributed by atoms with Gasteiger partial charge < -0.3 is 10.1 Å². The van der Waals surface area contributed by atoms with E-state index in [9.17, 15) is 4.79 Å². The highest BCUT2D eigenvalue weighted by atomic mass is 35.5. The van der Waals surface area contributed by atoms with Gasteiger partial charge in [-0.2, -0.15) is 10.1 Å². The lowest BCUT2D eigenvalue weighted by molar-refractivity contribution is 0.257. The molecule has 21 heavy (non-hydrogen) atoms. The fourth-order valence-electron chi connectivity index (χ4n) is 1.53. The van der Waals surface area contributed by atoms with E-state index in [-0.39, 0.29) is 12.4 Å². The Kier molecular flexibility index (Phi) is 5.28. The number of urea groups is 1. The van der Waals surface area contributed by atoms with E-state index >= 15 is 0 Å². The number of anilines is 1.